The van der Waals surface area contributed by atoms with Gasteiger partial charge in [-0.05, 0) is 70.3 Å². The average Bonchev–Trinajstić information content (AvgIpc) is 3.39. The molecule has 0 saturated heterocycles. The Morgan fingerprint density at radius 1 is 0.407 bits per heavy atom. The molecule has 0 spiro atoms. The van der Waals surface area contributed by atoms with Gasteiger partial charge in [0.05, 0.1) is 55.0 Å². The molecule has 0 bridgehead atoms. The summed E-state index contributed by atoms with van der Waals surface area (Å²) in [5.41, 5.74) is 15.1. The van der Waals surface area contributed by atoms with E-state index >= 15 is 0 Å². The maximum Gasteiger partial charge on any atom is 0.220 e. The summed E-state index contributed by atoms with van der Waals surface area (Å²) >= 11 is 3.60. The fourth-order valence-corrected chi connectivity index (χ4v) is 15.7. The minimum absolute atomic E-state index is 0.392. The molecule has 0 radical (unpaired) electrons. The van der Waals surface area contributed by atoms with E-state index < -0.39 is 0 Å². The van der Waals surface area contributed by atoms with Gasteiger partial charge in [0.25, 0.3) is 0 Å². The van der Waals surface area contributed by atoms with Crippen LogP contribution in [0.15, 0.2) is 247 Å². The third kappa shape index (κ3) is 6.45. The Labute approximate surface area is 471 Å². The Balaban J connectivity index is 1.11. The highest BCUT2D eigenvalue weighted by Crippen LogP contribution is 2.56. The zero-order valence-electron chi connectivity index (χ0n) is 43.1. The summed E-state index contributed by atoms with van der Waals surface area (Å²) in [6.07, 6.45) is 0. The summed E-state index contributed by atoms with van der Waals surface area (Å²) in [6, 6.07) is 88.5. The predicted octanol–water partition coefficient (Wildman–Crippen LogP) is 21.6. The molecule has 0 unspecified atom stereocenters. The summed E-state index contributed by atoms with van der Waals surface area (Å²) in [5.74, 6) is 0. The van der Waals surface area contributed by atoms with Crippen LogP contribution in [-0.2, 0) is 0 Å². The van der Waals surface area contributed by atoms with E-state index in [0.717, 1.165) is 130 Å². The number of rotatable bonds is 6. The van der Waals surface area contributed by atoms with Gasteiger partial charge in [0, 0.05) is 80.0 Å². The van der Waals surface area contributed by atoms with Gasteiger partial charge in [-0.25, -0.2) is 4.85 Å². The second kappa shape index (κ2) is 17.5. The SMILES string of the molecule is [C-]#[N+]c1c(-c2ccccc2)c(C#N)c(-n2c3c(ccc4c5ccccc5sc43)c3c(-c4ccccc4)cc4c5ccccc5sc4c32)c(-c2ccccc2)c1-n1c2ccccc2c2cc(-c3cccc4c3oc3ccccc34)ccc21. The van der Waals surface area contributed by atoms with E-state index in [4.69, 9.17) is 4.42 Å². The van der Waals surface area contributed by atoms with Crippen LogP contribution in [0.3, 0.4) is 0 Å². The molecule has 0 aliphatic rings. The number of furan rings is 1. The molecule has 17 aromatic rings. The molecule has 12 aromatic carbocycles. The van der Waals surface area contributed by atoms with Crippen molar-refractivity contribution in [3.63, 3.8) is 0 Å². The van der Waals surface area contributed by atoms with E-state index in [2.05, 4.69) is 214 Å². The van der Waals surface area contributed by atoms with Crippen LogP contribution < -0.4 is 0 Å². The van der Waals surface area contributed by atoms with E-state index in [1.807, 2.05) is 48.5 Å². The lowest BCUT2D eigenvalue weighted by Gasteiger charge is -2.26. The number of para-hydroxylation sites is 3. The van der Waals surface area contributed by atoms with Crippen molar-refractivity contribution in [2.24, 2.45) is 0 Å². The highest BCUT2D eigenvalue weighted by atomic mass is 32.1. The predicted molar refractivity (Wildman–Crippen MR) is 341 cm³/mol. The van der Waals surface area contributed by atoms with E-state index in [1.165, 1.54) is 20.2 Å². The van der Waals surface area contributed by atoms with Crippen molar-refractivity contribution in [1.29, 1.82) is 5.26 Å². The van der Waals surface area contributed by atoms with Gasteiger partial charge in [0.15, 0.2) is 0 Å². The van der Waals surface area contributed by atoms with Crippen LogP contribution in [-0.4, -0.2) is 9.13 Å². The van der Waals surface area contributed by atoms with Crippen molar-refractivity contribution >= 4 is 134 Å². The molecule has 17 rings (SSSR count). The van der Waals surface area contributed by atoms with Crippen LogP contribution in [0.4, 0.5) is 5.69 Å². The lowest BCUT2D eigenvalue weighted by atomic mass is 9.88. The minimum Gasteiger partial charge on any atom is -0.455 e. The molecule has 0 atom stereocenters. The number of fused-ring (bicyclic) bond motifs is 17. The second-order valence-electron chi connectivity index (χ2n) is 20.8. The molecule has 0 fully saturated rings. The number of hydrogen-bond donors (Lipinski definition) is 0. The molecule has 5 heterocycles. The van der Waals surface area contributed by atoms with Gasteiger partial charge in [0.1, 0.15) is 17.2 Å². The van der Waals surface area contributed by atoms with E-state index in [0.29, 0.717) is 22.5 Å². The Morgan fingerprint density at radius 3 is 1.70 bits per heavy atom. The topological polar surface area (TPSA) is 51.1 Å². The van der Waals surface area contributed by atoms with Crippen LogP contribution in [0, 0.1) is 17.9 Å². The van der Waals surface area contributed by atoms with E-state index in [1.54, 1.807) is 22.7 Å². The van der Waals surface area contributed by atoms with Crippen molar-refractivity contribution in [2.75, 3.05) is 0 Å². The number of hydrogen-bond acceptors (Lipinski definition) is 4. The summed E-state index contributed by atoms with van der Waals surface area (Å²) in [7, 11) is 0. The highest BCUT2D eigenvalue weighted by Gasteiger charge is 2.34. The van der Waals surface area contributed by atoms with Crippen LogP contribution in [0.2, 0.25) is 0 Å². The first-order chi connectivity index (χ1) is 40.1. The van der Waals surface area contributed by atoms with Crippen molar-refractivity contribution in [2.45, 2.75) is 0 Å². The summed E-state index contributed by atoms with van der Waals surface area (Å²) in [6.45, 7) is 9.55. The maximum atomic E-state index is 12.4. The lowest BCUT2D eigenvalue weighted by Crippen LogP contribution is -2.09. The molecule has 5 aromatic heterocycles. The van der Waals surface area contributed by atoms with Crippen LogP contribution in [0.5, 0.6) is 0 Å². The van der Waals surface area contributed by atoms with Crippen molar-refractivity contribution in [3.05, 3.63) is 260 Å². The van der Waals surface area contributed by atoms with Crippen LogP contribution in [0.25, 0.3) is 167 Å². The van der Waals surface area contributed by atoms with Gasteiger partial charge >= 0.3 is 0 Å². The Kier molecular flexibility index (Phi) is 9.82. The summed E-state index contributed by atoms with van der Waals surface area (Å²) in [5, 5.41) is 23.5. The monoisotopic (exact) mass is 1060 g/mol. The van der Waals surface area contributed by atoms with Crippen molar-refractivity contribution in [1.82, 2.24) is 9.13 Å². The van der Waals surface area contributed by atoms with Crippen molar-refractivity contribution in [3.8, 4) is 62.0 Å². The molecule has 374 valence electrons. The number of thiophene rings is 2. The first-order valence-electron chi connectivity index (χ1n) is 27.0. The third-order valence-corrected chi connectivity index (χ3v) is 19.0. The Bertz CT molecular complexity index is 5610. The lowest BCUT2D eigenvalue weighted by molar-refractivity contribution is 0.670. The van der Waals surface area contributed by atoms with Gasteiger partial charge in [-0.15, -0.1) is 22.7 Å². The molecule has 0 amide bonds. The number of nitriles is 1. The van der Waals surface area contributed by atoms with Crippen LogP contribution >= 0.6 is 22.7 Å². The molecule has 0 aliphatic carbocycles. The fraction of sp³-hybridized carbons (Fsp3) is 0. The summed E-state index contributed by atoms with van der Waals surface area (Å²) < 4.78 is 16.1. The molecular formula is C74H40N4OS2. The molecule has 0 aliphatic heterocycles. The quantitative estimate of drug-likeness (QED) is 0.156. The zero-order chi connectivity index (χ0) is 53.4. The van der Waals surface area contributed by atoms with E-state index in [9.17, 15) is 11.8 Å². The molecule has 0 saturated carbocycles. The van der Waals surface area contributed by atoms with Gasteiger partial charge in [-0.2, -0.15) is 5.26 Å². The smallest absolute Gasteiger partial charge is 0.220 e. The largest absolute Gasteiger partial charge is 0.455 e. The summed E-state index contributed by atoms with van der Waals surface area (Å²) in [4.78, 5) is 4.65. The first kappa shape index (κ1) is 45.5. The Morgan fingerprint density at radius 2 is 0.988 bits per heavy atom. The van der Waals surface area contributed by atoms with Gasteiger partial charge in [-0.1, -0.05) is 200 Å². The molecule has 0 N–H and O–H groups in total. The minimum atomic E-state index is 0.392. The standard InChI is InChI=1S/C74H40N4OS2/c1-76-67-64(44-22-7-3-8-23-44)58(42-75)68(78-69-54(38-37-53-50-28-13-17-34-62(50)80-73(53)69)66-55(43-20-5-2-6-21-43)41-57-51-29-14-18-35-63(51)81-74(57)71(66)78)65(45-24-9-4-10-25-45)70(67)77-59-32-15-11-26-48(59)56-40-46(36-39-60(56)77)47-30-19-31-52-49-27-12-16-33-61(49)79-72(47)52/h2-41H. The van der Waals surface area contributed by atoms with Gasteiger partial charge in [-0.3, -0.25) is 0 Å². The Hall–Kier alpha value is -10.5. The van der Waals surface area contributed by atoms with Crippen molar-refractivity contribution < 1.29 is 4.42 Å². The zero-order valence-corrected chi connectivity index (χ0v) is 44.7. The van der Waals surface area contributed by atoms with Gasteiger partial charge in [0.2, 0.25) is 5.69 Å². The molecular weight excluding hydrogens is 1020 g/mol. The highest BCUT2D eigenvalue weighted by molar-refractivity contribution is 7.27. The number of nitrogens with zero attached hydrogens (tertiary/aromatic N) is 4. The molecule has 7 heteroatoms. The van der Waals surface area contributed by atoms with Gasteiger partial charge < -0.3 is 13.6 Å². The first-order valence-corrected chi connectivity index (χ1v) is 28.6. The second-order valence-corrected chi connectivity index (χ2v) is 22.9. The average molecular weight is 1070 g/mol. The molecule has 81 heavy (non-hydrogen) atoms. The molecule has 5 nitrogen and oxygen atoms in total. The maximum absolute atomic E-state index is 12.4. The number of benzene rings is 12. The normalized spacial score (nSPS) is 11.9. The van der Waals surface area contributed by atoms with E-state index in [-0.39, 0.29) is 0 Å². The number of aromatic nitrogens is 2. The fourth-order valence-electron chi connectivity index (χ4n) is 13.2. The third-order valence-electron chi connectivity index (χ3n) is 16.6. The van der Waals surface area contributed by atoms with Crippen LogP contribution in [0.1, 0.15) is 5.56 Å².